The molecule has 0 aliphatic heterocycles. The van der Waals surface area contributed by atoms with Gasteiger partial charge < -0.3 is 18.8 Å². The van der Waals surface area contributed by atoms with Gasteiger partial charge in [0.05, 0.1) is 13.2 Å². The molecule has 1 aromatic heterocycles. The number of esters is 2. The summed E-state index contributed by atoms with van der Waals surface area (Å²) in [5, 5.41) is 1.01. The monoisotopic (exact) mass is 631 g/mol. The van der Waals surface area contributed by atoms with Gasteiger partial charge in [-0.05, 0) is 97.7 Å². The predicted octanol–water partition coefficient (Wildman–Crippen LogP) is 9.53. The molecule has 6 nitrogen and oxygen atoms in total. The Kier molecular flexibility index (Phi) is 9.62. The van der Waals surface area contributed by atoms with Gasteiger partial charge in [-0.3, -0.25) is 0 Å². The van der Waals surface area contributed by atoms with Crippen LogP contribution < -0.4 is 4.74 Å². The van der Waals surface area contributed by atoms with Gasteiger partial charge >= 0.3 is 11.9 Å². The number of benzene rings is 4. The van der Waals surface area contributed by atoms with E-state index in [9.17, 15) is 9.59 Å². The number of aromatic nitrogens is 1. The number of rotatable bonds is 10. The van der Waals surface area contributed by atoms with Gasteiger partial charge in [-0.2, -0.15) is 0 Å². The molecular formula is C41H45NO5. The van der Waals surface area contributed by atoms with Crippen molar-refractivity contribution in [3.05, 3.63) is 113 Å². The van der Waals surface area contributed by atoms with Crippen LogP contribution in [0.2, 0.25) is 0 Å². The van der Waals surface area contributed by atoms with Gasteiger partial charge in [0.2, 0.25) is 0 Å². The predicted molar refractivity (Wildman–Crippen MR) is 189 cm³/mol. The normalized spacial score (nSPS) is 11.8. The Bertz CT molecular complexity index is 1890. The summed E-state index contributed by atoms with van der Waals surface area (Å²) in [6.07, 6.45) is 0. The van der Waals surface area contributed by atoms with Gasteiger partial charge in [0.15, 0.2) is 5.60 Å². The molecule has 47 heavy (non-hydrogen) atoms. The van der Waals surface area contributed by atoms with Crippen LogP contribution in [0.1, 0.15) is 75.6 Å². The number of ether oxygens (including phenoxy) is 3. The second kappa shape index (κ2) is 13.5. The van der Waals surface area contributed by atoms with E-state index < -0.39 is 11.6 Å². The maximum atomic E-state index is 13.7. The van der Waals surface area contributed by atoms with Crippen LogP contribution in [0.3, 0.4) is 0 Å². The molecule has 0 spiro atoms. The van der Waals surface area contributed by atoms with E-state index in [4.69, 9.17) is 14.2 Å². The van der Waals surface area contributed by atoms with Gasteiger partial charge in [0.25, 0.3) is 0 Å². The Morgan fingerprint density at radius 2 is 1.34 bits per heavy atom. The fourth-order valence-electron chi connectivity index (χ4n) is 5.86. The number of carbonyl (C=O) groups excluding carboxylic acids is 2. The molecule has 0 N–H and O–H groups in total. The summed E-state index contributed by atoms with van der Waals surface area (Å²) in [5.74, 6) is -0.161. The van der Waals surface area contributed by atoms with Crippen LogP contribution in [0.15, 0.2) is 91.0 Å². The van der Waals surface area contributed by atoms with Crippen LogP contribution in [0.5, 0.6) is 5.75 Å². The number of hydrogen-bond donors (Lipinski definition) is 0. The van der Waals surface area contributed by atoms with Crippen molar-refractivity contribution in [1.82, 2.24) is 4.57 Å². The van der Waals surface area contributed by atoms with Gasteiger partial charge in [-0.1, -0.05) is 87.5 Å². The van der Waals surface area contributed by atoms with Crippen molar-refractivity contribution < 1.29 is 23.8 Å². The molecule has 0 unspecified atom stereocenters. The van der Waals surface area contributed by atoms with Crippen molar-refractivity contribution in [2.24, 2.45) is 0 Å². The smallest absolute Gasteiger partial charge is 0.355 e. The summed E-state index contributed by atoms with van der Waals surface area (Å²) >= 11 is 0. The van der Waals surface area contributed by atoms with E-state index in [1.807, 2.05) is 43.3 Å². The molecule has 0 aliphatic carbocycles. The van der Waals surface area contributed by atoms with Crippen LogP contribution >= 0.6 is 0 Å². The lowest BCUT2D eigenvalue weighted by molar-refractivity contribution is -0.158. The van der Waals surface area contributed by atoms with E-state index in [1.54, 1.807) is 20.8 Å². The number of aryl methyl sites for hydroxylation is 1. The molecule has 6 heteroatoms. The average molecular weight is 632 g/mol. The fraction of sp³-hybridized carbons (Fsp3) is 0.317. The highest BCUT2D eigenvalue weighted by molar-refractivity contribution is 6.08. The van der Waals surface area contributed by atoms with Crippen molar-refractivity contribution in [1.29, 1.82) is 0 Å². The van der Waals surface area contributed by atoms with E-state index in [0.29, 0.717) is 24.6 Å². The third kappa shape index (κ3) is 7.12. The highest BCUT2D eigenvalue weighted by atomic mass is 16.6. The Hall–Kier alpha value is -4.84. The Labute approximate surface area is 278 Å². The van der Waals surface area contributed by atoms with E-state index >= 15 is 0 Å². The Balaban J connectivity index is 1.55. The molecule has 5 rings (SSSR count). The number of carbonyl (C=O) groups is 2. The Morgan fingerprint density at radius 1 is 0.723 bits per heavy atom. The van der Waals surface area contributed by atoms with E-state index in [2.05, 4.69) is 86.9 Å². The zero-order valence-electron chi connectivity index (χ0n) is 28.8. The third-order valence-electron chi connectivity index (χ3n) is 8.48. The van der Waals surface area contributed by atoms with Gasteiger partial charge in [-0.15, -0.1) is 0 Å². The number of para-hydroxylation sites is 1. The summed E-state index contributed by atoms with van der Waals surface area (Å²) in [6, 6.07) is 30.8. The molecule has 0 saturated heterocycles. The molecule has 0 amide bonds. The summed E-state index contributed by atoms with van der Waals surface area (Å²) in [7, 11) is 0. The molecule has 0 fully saturated rings. The fourth-order valence-corrected chi connectivity index (χ4v) is 5.86. The molecule has 0 bridgehead atoms. The van der Waals surface area contributed by atoms with Crippen molar-refractivity contribution in [2.75, 3.05) is 13.2 Å². The summed E-state index contributed by atoms with van der Waals surface area (Å²) < 4.78 is 18.9. The van der Waals surface area contributed by atoms with Crippen molar-refractivity contribution in [3.8, 4) is 28.0 Å². The minimum absolute atomic E-state index is 0.0195. The molecular weight excluding hydrogens is 586 g/mol. The van der Waals surface area contributed by atoms with Crippen LogP contribution in [-0.4, -0.2) is 35.3 Å². The average Bonchev–Trinajstić information content (AvgIpc) is 3.36. The number of hydrogen-bond acceptors (Lipinski definition) is 5. The lowest BCUT2D eigenvalue weighted by Crippen LogP contribution is -2.39. The van der Waals surface area contributed by atoms with Crippen LogP contribution in [-0.2, 0) is 26.2 Å². The molecule has 5 aromatic rings. The highest BCUT2D eigenvalue weighted by Crippen LogP contribution is 2.38. The lowest BCUT2D eigenvalue weighted by atomic mass is 9.86. The molecule has 0 radical (unpaired) electrons. The first-order chi connectivity index (χ1) is 22.3. The summed E-state index contributed by atoms with van der Waals surface area (Å²) in [6.45, 7) is 16.8. The second-order valence-electron chi connectivity index (χ2n) is 13.4. The van der Waals surface area contributed by atoms with E-state index in [-0.39, 0.29) is 18.0 Å². The topological polar surface area (TPSA) is 66.8 Å². The van der Waals surface area contributed by atoms with Crippen LogP contribution in [0, 0.1) is 6.92 Å². The molecule has 0 aliphatic rings. The standard InChI is InChI=1S/C41H45NO5/c1-9-45-38(43)37-36(29-17-21-32(22-18-29)40(4,5)6)34-13-11-12-14-35(34)42(37)26-31-25-30(16-15-27(31)3)28-19-23-33(24-20-28)47-41(7,8)39(44)46-10-2/h11-25H,9-10,26H2,1-8H3. The number of nitrogens with zero attached hydrogens (tertiary/aromatic N) is 1. The Morgan fingerprint density at radius 3 is 1.98 bits per heavy atom. The molecule has 4 aromatic carbocycles. The summed E-state index contributed by atoms with van der Waals surface area (Å²) in [4.78, 5) is 26.1. The first-order valence-electron chi connectivity index (χ1n) is 16.3. The third-order valence-corrected chi connectivity index (χ3v) is 8.48. The minimum Gasteiger partial charge on any atom is -0.476 e. The zero-order valence-corrected chi connectivity index (χ0v) is 28.8. The SMILES string of the molecule is CCOC(=O)c1c(-c2ccc(C(C)(C)C)cc2)c2ccccc2n1Cc1cc(-c2ccc(OC(C)(C)C(=O)OCC)cc2)ccc1C. The second-order valence-corrected chi connectivity index (χ2v) is 13.4. The van der Waals surface area contributed by atoms with Crippen molar-refractivity contribution in [3.63, 3.8) is 0 Å². The first kappa shape index (κ1) is 33.5. The van der Waals surface area contributed by atoms with Crippen molar-refractivity contribution >= 4 is 22.8 Å². The van der Waals surface area contributed by atoms with Gasteiger partial charge in [-0.25, -0.2) is 9.59 Å². The van der Waals surface area contributed by atoms with Gasteiger partial charge in [0, 0.05) is 23.0 Å². The van der Waals surface area contributed by atoms with Crippen LogP contribution in [0.25, 0.3) is 33.2 Å². The highest BCUT2D eigenvalue weighted by Gasteiger charge is 2.31. The molecule has 0 saturated carbocycles. The number of fused-ring (bicyclic) bond motifs is 1. The molecule has 244 valence electrons. The van der Waals surface area contributed by atoms with Crippen molar-refractivity contribution in [2.45, 2.75) is 73.0 Å². The van der Waals surface area contributed by atoms with Gasteiger partial charge in [0.1, 0.15) is 11.4 Å². The summed E-state index contributed by atoms with van der Waals surface area (Å²) in [5.41, 5.74) is 7.80. The van der Waals surface area contributed by atoms with E-state index in [1.165, 1.54) is 5.56 Å². The largest absolute Gasteiger partial charge is 0.476 e. The lowest BCUT2D eigenvalue weighted by Gasteiger charge is -2.24. The first-order valence-corrected chi connectivity index (χ1v) is 16.3. The zero-order chi connectivity index (χ0) is 33.9. The molecule has 1 heterocycles. The maximum Gasteiger partial charge on any atom is 0.355 e. The van der Waals surface area contributed by atoms with Crippen LogP contribution in [0.4, 0.5) is 0 Å². The molecule has 0 atom stereocenters. The van der Waals surface area contributed by atoms with E-state index in [0.717, 1.165) is 44.3 Å². The quantitative estimate of drug-likeness (QED) is 0.144. The minimum atomic E-state index is -1.10. The maximum absolute atomic E-state index is 13.7.